The van der Waals surface area contributed by atoms with Crippen LogP contribution in [0.2, 0.25) is 0 Å². The van der Waals surface area contributed by atoms with E-state index in [9.17, 15) is 43.2 Å². The molecule has 0 aromatic rings. The Labute approximate surface area is 651 Å². The van der Waals surface area contributed by atoms with Crippen molar-refractivity contribution in [1.29, 1.82) is 0 Å². The van der Waals surface area contributed by atoms with Crippen molar-refractivity contribution in [2.45, 2.75) is 478 Å². The van der Waals surface area contributed by atoms with Gasteiger partial charge in [0, 0.05) is 25.7 Å². The maximum Gasteiger partial charge on any atom is 0.472 e. The SMILES string of the molecule is CCCCCCCCCCCCCCCCCCCCCCCC(=O)O[C@H](COC(=O)CCCCCCCCCCCCCCCCCC(C)C)COP(=O)(O)OC[C@@H](O)COP(=O)(O)OC[C@@H](COC(=O)CCCCCCCCCCCCC(C)C)OC(=O)CCCCCCCCCCCCC(C)CC. The predicted octanol–water partition coefficient (Wildman–Crippen LogP) is 26.5. The first-order valence-electron chi connectivity index (χ1n) is 44.9. The predicted molar refractivity (Wildman–Crippen MR) is 437 cm³/mol. The van der Waals surface area contributed by atoms with Gasteiger partial charge in [-0.25, -0.2) is 9.13 Å². The molecule has 0 bridgehead atoms. The van der Waals surface area contributed by atoms with Crippen LogP contribution in [-0.4, -0.2) is 96.7 Å². The molecule has 0 spiro atoms. The number of hydrogen-bond acceptors (Lipinski definition) is 15. The van der Waals surface area contributed by atoms with Gasteiger partial charge in [-0.2, -0.15) is 0 Å². The van der Waals surface area contributed by atoms with Crippen LogP contribution in [0.25, 0.3) is 0 Å². The Bertz CT molecular complexity index is 2050. The summed E-state index contributed by atoms with van der Waals surface area (Å²) in [4.78, 5) is 73.3. The molecule has 0 rings (SSSR count). The third kappa shape index (κ3) is 78.7. The molecule has 0 radical (unpaired) electrons. The first kappa shape index (κ1) is 104. The summed E-state index contributed by atoms with van der Waals surface area (Å²) in [6, 6.07) is 0. The maximum atomic E-state index is 13.2. The summed E-state index contributed by atoms with van der Waals surface area (Å²) in [6.07, 6.45) is 68.0. The molecule has 17 nitrogen and oxygen atoms in total. The number of unbranched alkanes of at least 4 members (excludes halogenated alkanes) is 52. The van der Waals surface area contributed by atoms with Gasteiger partial charge in [-0.1, -0.05) is 408 Å². The van der Waals surface area contributed by atoms with Crippen molar-refractivity contribution in [3.63, 3.8) is 0 Å². The number of hydrogen-bond donors (Lipinski definition) is 3. The number of aliphatic hydroxyl groups excluding tert-OH is 1. The van der Waals surface area contributed by atoms with Crippen molar-refractivity contribution in [3.05, 3.63) is 0 Å². The van der Waals surface area contributed by atoms with Gasteiger partial charge in [-0.05, 0) is 43.4 Å². The summed E-state index contributed by atoms with van der Waals surface area (Å²) >= 11 is 0. The maximum absolute atomic E-state index is 13.2. The minimum Gasteiger partial charge on any atom is -0.462 e. The molecule has 0 saturated heterocycles. The molecule has 0 aliphatic heterocycles. The van der Waals surface area contributed by atoms with Gasteiger partial charge >= 0.3 is 39.5 Å². The summed E-state index contributed by atoms with van der Waals surface area (Å²) < 4.78 is 69.0. The number of phosphoric ester groups is 2. The van der Waals surface area contributed by atoms with E-state index < -0.39 is 97.5 Å². The van der Waals surface area contributed by atoms with Crippen LogP contribution in [0.15, 0.2) is 0 Å². The van der Waals surface area contributed by atoms with Gasteiger partial charge in [-0.15, -0.1) is 0 Å². The highest BCUT2D eigenvalue weighted by atomic mass is 31.2. The number of esters is 4. The molecular formula is C87H170O17P2. The average Bonchev–Trinajstić information content (AvgIpc) is 0.901. The minimum atomic E-state index is -4.97. The zero-order chi connectivity index (χ0) is 77.9. The molecule has 0 aliphatic rings. The Morgan fingerprint density at radius 3 is 0.717 bits per heavy atom. The second kappa shape index (κ2) is 77.0. The summed E-state index contributed by atoms with van der Waals surface area (Å²) in [6.45, 7) is 12.0. The first-order chi connectivity index (χ1) is 51.3. The number of aliphatic hydroxyl groups is 1. The van der Waals surface area contributed by atoms with Gasteiger partial charge in [0.2, 0.25) is 0 Å². The molecule has 106 heavy (non-hydrogen) atoms. The second-order valence-corrected chi connectivity index (χ2v) is 35.4. The largest absolute Gasteiger partial charge is 0.472 e. The Hall–Kier alpha value is -1.94. The molecule has 0 amide bonds. The molecule has 630 valence electrons. The monoisotopic (exact) mass is 1550 g/mol. The summed E-state index contributed by atoms with van der Waals surface area (Å²) in [5.74, 6) is 0.264. The van der Waals surface area contributed by atoms with Crippen molar-refractivity contribution in [2.24, 2.45) is 17.8 Å². The van der Waals surface area contributed by atoms with Crippen molar-refractivity contribution < 1.29 is 80.2 Å². The molecule has 6 atom stereocenters. The molecule has 0 aromatic heterocycles. The van der Waals surface area contributed by atoms with E-state index in [1.54, 1.807) is 0 Å². The van der Waals surface area contributed by atoms with Gasteiger partial charge in [-0.3, -0.25) is 37.3 Å². The highest BCUT2D eigenvalue weighted by Gasteiger charge is 2.31. The first-order valence-corrected chi connectivity index (χ1v) is 47.9. The van der Waals surface area contributed by atoms with E-state index in [-0.39, 0.29) is 25.7 Å². The number of ether oxygens (including phenoxy) is 4. The molecule has 0 fully saturated rings. The van der Waals surface area contributed by atoms with Crippen LogP contribution in [0.4, 0.5) is 0 Å². The lowest BCUT2D eigenvalue weighted by Gasteiger charge is -2.21. The normalized spacial score (nSPS) is 14.1. The fourth-order valence-electron chi connectivity index (χ4n) is 13.5. The topological polar surface area (TPSA) is 237 Å². The van der Waals surface area contributed by atoms with E-state index in [1.165, 1.54) is 270 Å². The Morgan fingerprint density at radius 2 is 0.481 bits per heavy atom. The molecule has 19 heteroatoms. The third-order valence-corrected chi connectivity index (χ3v) is 22.6. The van der Waals surface area contributed by atoms with Crippen LogP contribution >= 0.6 is 15.6 Å². The second-order valence-electron chi connectivity index (χ2n) is 32.5. The zero-order valence-corrected chi connectivity index (χ0v) is 71.7. The smallest absolute Gasteiger partial charge is 0.462 e. The molecule has 3 unspecified atom stereocenters. The lowest BCUT2D eigenvalue weighted by atomic mass is 9.99. The number of rotatable bonds is 85. The van der Waals surface area contributed by atoms with E-state index in [0.29, 0.717) is 25.7 Å². The molecule has 3 N–H and O–H groups in total. The summed E-state index contributed by atoms with van der Waals surface area (Å²) in [5, 5.41) is 10.7. The van der Waals surface area contributed by atoms with Gasteiger partial charge < -0.3 is 33.8 Å². The Kier molecular flexibility index (Phi) is 75.6. The van der Waals surface area contributed by atoms with Crippen molar-refractivity contribution >= 4 is 39.5 Å². The van der Waals surface area contributed by atoms with Crippen molar-refractivity contribution in [2.75, 3.05) is 39.6 Å². The van der Waals surface area contributed by atoms with Crippen molar-refractivity contribution in [1.82, 2.24) is 0 Å². The van der Waals surface area contributed by atoms with E-state index >= 15 is 0 Å². The summed E-state index contributed by atoms with van der Waals surface area (Å²) in [7, 11) is -9.93. The number of phosphoric acid groups is 2. The number of carbonyl (C=O) groups is 4. The zero-order valence-electron chi connectivity index (χ0n) is 69.9. The van der Waals surface area contributed by atoms with E-state index in [1.807, 2.05) is 0 Å². The third-order valence-electron chi connectivity index (χ3n) is 20.7. The molecule has 0 saturated carbocycles. The quantitative estimate of drug-likeness (QED) is 0.0222. The van der Waals surface area contributed by atoms with Crippen molar-refractivity contribution in [3.8, 4) is 0 Å². The lowest BCUT2D eigenvalue weighted by molar-refractivity contribution is -0.161. The van der Waals surface area contributed by atoms with Crippen LogP contribution in [0, 0.1) is 17.8 Å². The number of carbonyl (C=O) groups excluding carboxylic acids is 4. The van der Waals surface area contributed by atoms with Gasteiger partial charge in [0.1, 0.15) is 19.3 Å². The van der Waals surface area contributed by atoms with Crippen LogP contribution in [0.1, 0.15) is 459 Å². The summed E-state index contributed by atoms with van der Waals surface area (Å²) in [5.41, 5.74) is 0. The lowest BCUT2D eigenvalue weighted by Crippen LogP contribution is -2.30. The Balaban J connectivity index is 5.26. The highest BCUT2D eigenvalue weighted by Crippen LogP contribution is 2.45. The van der Waals surface area contributed by atoms with Crippen LogP contribution in [0.3, 0.4) is 0 Å². The van der Waals surface area contributed by atoms with Crippen LogP contribution in [-0.2, 0) is 65.4 Å². The molecule has 0 aliphatic carbocycles. The highest BCUT2D eigenvalue weighted by molar-refractivity contribution is 7.47. The fourth-order valence-corrected chi connectivity index (χ4v) is 15.1. The molecule has 0 aromatic carbocycles. The van der Waals surface area contributed by atoms with Crippen LogP contribution < -0.4 is 0 Å². The van der Waals surface area contributed by atoms with Crippen LogP contribution in [0.5, 0.6) is 0 Å². The molecular weight excluding hydrogens is 1380 g/mol. The minimum absolute atomic E-state index is 0.106. The van der Waals surface area contributed by atoms with Gasteiger partial charge in [0.25, 0.3) is 0 Å². The van der Waals surface area contributed by atoms with Gasteiger partial charge in [0.15, 0.2) is 12.2 Å². The van der Waals surface area contributed by atoms with Gasteiger partial charge in [0.05, 0.1) is 26.4 Å². The molecule has 0 heterocycles. The Morgan fingerprint density at radius 1 is 0.274 bits per heavy atom. The average molecular weight is 1550 g/mol. The fraction of sp³-hybridized carbons (Fsp3) is 0.954. The van der Waals surface area contributed by atoms with E-state index in [4.69, 9.17) is 37.0 Å². The van der Waals surface area contributed by atoms with E-state index in [2.05, 4.69) is 48.5 Å². The standard InChI is InChI=1S/C87H170O17P2/c1-8-10-11-12-13-14-15-16-17-18-19-20-21-22-25-29-32-42-49-56-63-70-86(91)103-82(74-97-84(89)68-61-54-47-40-31-28-26-23-24-27-30-37-44-51-58-65-78(3)4)76-101-105(93,94)99-72-81(88)73-100-106(95,96)102-77-83(75-98-85(90)69-62-55-48-41-35-33-38-45-52-59-66-79(5)6)104-87(92)71-64-57-50-43-36-34-39-46-53-60-67-80(7)9-2/h78-83,88H,8-77H2,1-7H3,(H,93,94)(H,95,96)/t80?,81-,82-,83-/m1/s1. The van der Waals surface area contributed by atoms with E-state index in [0.717, 1.165) is 108 Å².